The Hall–Kier alpha value is -4.39. The van der Waals surface area contributed by atoms with E-state index < -0.39 is 0 Å². The van der Waals surface area contributed by atoms with Crippen molar-refractivity contribution >= 4 is 22.6 Å². The lowest BCUT2D eigenvalue weighted by Crippen LogP contribution is -2.20. The van der Waals surface area contributed by atoms with E-state index in [1.807, 2.05) is 30.3 Å². The lowest BCUT2D eigenvalue weighted by Gasteiger charge is -2.13. The Morgan fingerprint density at radius 2 is 1.45 bits per heavy atom. The molecule has 0 radical (unpaired) electrons. The van der Waals surface area contributed by atoms with Gasteiger partial charge >= 0.3 is 0 Å². The van der Waals surface area contributed by atoms with Crippen molar-refractivity contribution in [2.75, 3.05) is 0 Å². The van der Waals surface area contributed by atoms with Crippen LogP contribution in [-0.2, 0) is 6.54 Å². The second kappa shape index (κ2) is 8.16. The van der Waals surface area contributed by atoms with Gasteiger partial charge in [-0.3, -0.25) is 15.6 Å². The average Bonchev–Trinajstić information content (AvgIpc) is 2.76. The predicted molar refractivity (Wildman–Crippen MR) is 122 cm³/mol. The van der Waals surface area contributed by atoms with Crippen molar-refractivity contribution in [1.29, 1.82) is 10.8 Å². The van der Waals surface area contributed by atoms with Gasteiger partial charge in [0.15, 0.2) is 0 Å². The van der Waals surface area contributed by atoms with Crippen LogP contribution in [0.25, 0.3) is 10.9 Å². The molecule has 0 spiro atoms. The first-order valence-corrected chi connectivity index (χ1v) is 9.60. The first-order valence-electron chi connectivity index (χ1n) is 9.60. The quantitative estimate of drug-likeness (QED) is 0.286. The van der Waals surface area contributed by atoms with Crippen molar-refractivity contribution in [3.8, 4) is 11.5 Å². The molecule has 0 saturated carbocycles. The molecular formula is C24H21N5O2. The van der Waals surface area contributed by atoms with Crippen molar-refractivity contribution in [1.82, 2.24) is 4.57 Å². The Balaban J connectivity index is 1.73. The molecule has 7 nitrogen and oxygen atoms in total. The molecule has 154 valence electrons. The minimum absolute atomic E-state index is 0.0180. The molecule has 0 aliphatic heterocycles. The zero-order valence-electron chi connectivity index (χ0n) is 16.6. The van der Waals surface area contributed by atoms with Gasteiger partial charge in [-0.25, -0.2) is 0 Å². The van der Waals surface area contributed by atoms with Gasteiger partial charge in [-0.2, -0.15) is 0 Å². The summed E-state index contributed by atoms with van der Waals surface area (Å²) in [5.74, 6) is 1.05. The number of benzene rings is 3. The lowest BCUT2D eigenvalue weighted by molar-refractivity contribution is 0.483. The first kappa shape index (κ1) is 19.9. The van der Waals surface area contributed by atoms with E-state index in [1.165, 1.54) is 6.07 Å². The standard InChI is InChI=1S/C24H21N5O2/c25-23(26)17-4-1-3-15(11-17)14-29-21-13-20(9-7-16(21)8-10-22(29)30)31-19-6-2-5-18(12-19)24(27)28/h1-13H,14H2,(H3,25,26)(H3,27,28). The molecule has 3 aromatic carbocycles. The van der Waals surface area contributed by atoms with Crippen molar-refractivity contribution in [2.45, 2.75) is 6.54 Å². The number of amidine groups is 2. The van der Waals surface area contributed by atoms with Crippen LogP contribution in [0.15, 0.2) is 83.7 Å². The van der Waals surface area contributed by atoms with Crippen molar-refractivity contribution in [3.63, 3.8) is 0 Å². The smallest absolute Gasteiger partial charge is 0.251 e. The number of nitrogens with one attached hydrogen (secondary N) is 2. The van der Waals surface area contributed by atoms with Gasteiger partial charge in [-0.05, 0) is 47.3 Å². The van der Waals surface area contributed by atoms with Crippen LogP contribution in [0.5, 0.6) is 11.5 Å². The molecule has 7 heteroatoms. The van der Waals surface area contributed by atoms with Crippen molar-refractivity contribution < 1.29 is 4.74 Å². The van der Waals surface area contributed by atoms with Crippen molar-refractivity contribution in [2.24, 2.45) is 11.5 Å². The van der Waals surface area contributed by atoms with Crippen LogP contribution >= 0.6 is 0 Å². The molecule has 0 amide bonds. The van der Waals surface area contributed by atoms with Crippen LogP contribution in [0.3, 0.4) is 0 Å². The van der Waals surface area contributed by atoms with Gasteiger partial charge in [0.2, 0.25) is 0 Å². The van der Waals surface area contributed by atoms with Gasteiger partial charge in [0.05, 0.1) is 12.1 Å². The molecule has 0 aliphatic rings. The number of rotatable bonds is 6. The number of fused-ring (bicyclic) bond motifs is 1. The summed E-state index contributed by atoms with van der Waals surface area (Å²) in [5.41, 5.74) is 13.8. The molecule has 0 bridgehead atoms. The number of ether oxygens (including phenoxy) is 1. The third kappa shape index (κ3) is 4.30. The minimum atomic E-state index is -0.142. The molecule has 0 saturated heterocycles. The highest BCUT2D eigenvalue weighted by Gasteiger charge is 2.08. The van der Waals surface area contributed by atoms with E-state index >= 15 is 0 Å². The third-order valence-electron chi connectivity index (χ3n) is 4.92. The fraction of sp³-hybridized carbons (Fsp3) is 0.0417. The zero-order chi connectivity index (χ0) is 22.0. The summed E-state index contributed by atoms with van der Waals surface area (Å²) in [5, 5.41) is 16.1. The van der Waals surface area contributed by atoms with Crippen molar-refractivity contribution in [3.05, 3.63) is 106 Å². The maximum atomic E-state index is 12.7. The number of pyridine rings is 1. The topological polar surface area (TPSA) is 131 Å². The summed E-state index contributed by atoms with van der Waals surface area (Å²) >= 11 is 0. The Bertz CT molecular complexity index is 1370. The van der Waals surface area contributed by atoms with Gasteiger partial charge in [0.1, 0.15) is 23.2 Å². The molecule has 1 aromatic heterocycles. The van der Waals surface area contributed by atoms with E-state index in [0.29, 0.717) is 29.2 Å². The SMILES string of the molecule is N=C(N)c1cccc(Cn2c(=O)ccc3ccc(Oc4cccc(C(=N)N)c4)cc32)c1. The van der Waals surface area contributed by atoms with Gasteiger partial charge in [-0.15, -0.1) is 0 Å². The Labute approximate surface area is 178 Å². The monoisotopic (exact) mass is 411 g/mol. The molecule has 0 fully saturated rings. The molecule has 6 N–H and O–H groups in total. The third-order valence-corrected chi connectivity index (χ3v) is 4.92. The number of nitrogen functional groups attached to an aromatic ring is 2. The van der Waals surface area contributed by atoms with E-state index in [4.69, 9.17) is 27.0 Å². The molecule has 4 aromatic rings. The maximum Gasteiger partial charge on any atom is 0.251 e. The van der Waals surface area contributed by atoms with Crippen LogP contribution in [0.1, 0.15) is 16.7 Å². The maximum absolute atomic E-state index is 12.7. The van der Waals surface area contributed by atoms with E-state index in [9.17, 15) is 4.79 Å². The molecule has 0 unspecified atom stereocenters. The summed E-state index contributed by atoms with van der Waals surface area (Å²) in [6.45, 7) is 0.334. The highest BCUT2D eigenvalue weighted by molar-refractivity contribution is 5.95. The van der Waals surface area contributed by atoms with Gasteiger partial charge in [-0.1, -0.05) is 30.3 Å². The first-order chi connectivity index (χ1) is 14.9. The molecule has 4 rings (SSSR count). The van der Waals surface area contributed by atoms with Gasteiger partial charge in [0, 0.05) is 23.3 Å². The van der Waals surface area contributed by atoms with E-state index in [2.05, 4.69) is 0 Å². The summed E-state index contributed by atoms with van der Waals surface area (Å²) in [6.07, 6.45) is 0. The highest BCUT2D eigenvalue weighted by atomic mass is 16.5. The van der Waals surface area contributed by atoms with Crippen LogP contribution in [0, 0.1) is 10.8 Å². The largest absolute Gasteiger partial charge is 0.457 e. The number of hydrogen-bond acceptors (Lipinski definition) is 4. The van der Waals surface area contributed by atoms with E-state index in [1.54, 1.807) is 47.0 Å². The normalized spacial score (nSPS) is 10.7. The average molecular weight is 411 g/mol. The summed E-state index contributed by atoms with van der Waals surface area (Å²) in [6, 6.07) is 23.1. The second-order valence-electron chi connectivity index (χ2n) is 7.14. The molecule has 31 heavy (non-hydrogen) atoms. The van der Waals surface area contributed by atoms with E-state index in [0.717, 1.165) is 16.5 Å². The molecule has 0 aliphatic carbocycles. The summed E-state index contributed by atoms with van der Waals surface area (Å²) < 4.78 is 7.62. The lowest BCUT2D eigenvalue weighted by atomic mass is 10.1. The summed E-state index contributed by atoms with van der Waals surface area (Å²) in [7, 11) is 0. The van der Waals surface area contributed by atoms with Crippen LogP contribution in [0.2, 0.25) is 0 Å². The Morgan fingerprint density at radius 3 is 2.19 bits per heavy atom. The van der Waals surface area contributed by atoms with Crippen LogP contribution in [0.4, 0.5) is 0 Å². The number of nitrogens with zero attached hydrogens (tertiary/aromatic N) is 1. The molecule has 1 heterocycles. The number of nitrogens with two attached hydrogens (primary N) is 2. The van der Waals surface area contributed by atoms with Gasteiger partial charge < -0.3 is 20.8 Å². The van der Waals surface area contributed by atoms with Gasteiger partial charge in [0.25, 0.3) is 5.56 Å². The van der Waals surface area contributed by atoms with E-state index in [-0.39, 0.29) is 17.2 Å². The highest BCUT2D eigenvalue weighted by Crippen LogP contribution is 2.26. The molecular weight excluding hydrogens is 390 g/mol. The second-order valence-corrected chi connectivity index (χ2v) is 7.14. The molecule has 0 atom stereocenters. The Kier molecular flexibility index (Phi) is 5.24. The number of hydrogen-bond donors (Lipinski definition) is 4. The predicted octanol–water partition coefficient (Wildman–Crippen LogP) is 3.41. The zero-order valence-corrected chi connectivity index (χ0v) is 16.6. The van der Waals surface area contributed by atoms with Crippen LogP contribution < -0.4 is 21.8 Å². The fourth-order valence-corrected chi connectivity index (χ4v) is 3.38. The number of aromatic nitrogens is 1. The fourth-order valence-electron chi connectivity index (χ4n) is 3.38. The minimum Gasteiger partial charge on any atom is -0.457 e. The van der Waals surface area contributed by atoms with Crippen LogP contribution in [-0.4, -0.2) is 16.2 Å². The Morgan fingerprint density at radius 1 is 0.806 bits per heavy atom. The summed E-state index contributed by atoms with van der Waals surface area (Å²) in [4.78, 5) is 12.7.